The molecule has 3 aromatic carbocycles. The Labute approximate surface area is 268 Å². The van der Waals surface area contributed by atoms with Gasteiger partial charge in [-0.3, -0.25) is 4.79 Å². The molecule has 46 heavy (non-hydrogen) atoms. The van der Waals surface area contributed by atoms with E-state index < -0.39 is 11.8 Å². The number of nitrogens with zero attached hydrogens (tertiary/aromatic N) is 4. The van der Waals surface area contributed by atoms with Gasteiger partial charge in [0.1, 0.15) is 24.0 Å². The van der Waals surface area contributed by atoms with Gasteiger partial charge in [0.2, 0.25) is 5.91 Å². The van der Waals surface area contributed by atoms with E-state index in [1.807, 2.05) is 11.0 Å². The Morgan fingerprint density at radius 2 is 1.76 bits per heavy atom. The van der Waals surface area contributed by atoms with Gasteiger partial charge in [-0.25, -0.2) is 14.2 Å². The van der Waals surface area contributed by atoms with Gasteiger partial charge in [0.05, 0.1) is 22.2 Å². The minimum Gasteiger partial charge on any atom is -0.489 e. The van der Waals surface area contributed by atoms with E-state index in [1.165, 1.54) is 12.5 Å². The zero-order valence-electron chi connectivity index (χ0n) is 26.4. The van der Waals surface area contributed by atoms with E-state index in [-0.39, 0.29) is 24.1 Å². The molecule has 0 atom stereocenters. The van der Waals surface area contributed by atoms with Gasteiger partial charge in [0, 0.05) is 55.1 Å². The number of imidazole rings is 1. The molecule has 3 aliphatic rings. The minimum atomic E-state index is -1.01. The molecule has 0 spiro atoms. The molecule has 240 valence electrons. The maximum absolute atomic E-state index is 16.0. The van der Waals surface area contributed by atoms with Crippen LogP contribution in [0.2, 0.25) is 0 Å². The van der Waals surface area contributed by atoms with Crippen LogP contribution in [-0.4, -0.2) is 46.2 Å². The third-order valence-electron chi connectivity index (χ3n) is 10.0. The molecule has 2 aliphatic heterocycles. The van der Waals surface area contributed by atoms with Crippen molar-refractivity contribution in [1.82, 2.24) is 9.55 Å². The third kappa shape index (κ3) is 5.95. The van der Waals surface area contributed by atoms with Crippen LogP contribution in [0.1, 0.15) is 86.7 Å². The molecule has 1 aliphatic carbocycles. The summed E-state index contributed by atoms with van der Waals surface area (Å²) in [4.78, 5) is 33.2. The van der Waals surface area contributed by atoms with Crippen LogP contribution in [0.25, 0.3) is 22.4 Å². The zero-order chi connectivity index (χ0) is 31.8. The van der Waals surface area contributed by atoms with Crippen LogP contribution in [0.15, 0.2) is 54.6 Å². The standard InChI is InChI=1S/C37H41FN4O4/c1-24-15-18-40(19-16-24)33-14-10-28(41-17-5-8-35(41)43)20-26(33)23-46-29-11-12-30(31(38)22-29)36-39-32-21-25(37(44)45)9-13-34(32)42(36)27-6-3-2-4-7-27/h9-14,20-22,24,27H,2-8,15-19,23H2,1H3,(H,44,45). The van der Waals surface area contributed by atoms with Crippen LogP contribution in [-0.2, 0) is 11.4 Å². The lowest BCUT2D eigenvalue weighted by Crippen LogP contribution is -2.33. The highest BCUT2D eigenvalue weighted by atomic mass is 19.1. The molecular formula is C37H41FN4O4. The average Bonchev–Trinajstić information content (AvgIpc) is 3.67. The molecule has 4 aromatic rings. The Morgan fingerprint density at radius 3 is 2.48 bits per heavy atom. The first-order chi connectivity index (χ1) is 22.4. The summed E-state index contributed by atoms with van der Waals surface area (Å²) < 4.78 is 24.3. The summed E-state index contributed by atoms with van der Waals surface area (Å²) in [5.41, 5.74) is 4.85. The second kappa shape index (κ2) is 12.8. The monoisotopic (exact) mass is 624 g/mol. The first kappa shape index (κ1) is 30.3. The fourth-order valence-electron chi connectivity index (χ4n) is 7.39. The average molecular weight is 625 g/mol. The predicted molar refractivity (Wildman–Crippen MR) is 177 cm³/mol. The molecule has 0 bridgehead atoms. The number of halogens is 1. The van der Waals surface area contributed by atoms with Gasteiger partial charge in [0.15, 0.2) is 0 Å². The number of anilines is 2. The number of aromatic carboxylic acids is 1. The summed E-state index contributed by atoms with van der Waals surface area (Å²) in [6.45, 7) is 5.19. The smallest absolute Gasteiger partial charge is 0.335 e. The quantitative estimate of drug-likeness (QED) is 0.214. The van der Waals surface area contributed by atoms with Crippen molar-refractivity contribution in [3.8, 4) is 17.1 Å². The Kier molecular flexibility index (Phi) is 8.40. The summed E-state index contributed by atoms with van der Waals surface area (Å²) in [5, 5.41) is 9.55. The summed E-state index contributed by atoms with van der Waals surface area (Å²) in [7, 11) is 0. The Morgan fingerprint density at radius 1 is 0.957 bits per heavy atom. The number of hydrogen-bond donors (Lipinski definition) is 1. The van der Waals surface area contributed by atoms with Crippen molar-refractivity contribution < 1.29 is 23.8 Å². The number of fused-ring (bicyclic) bond motifs is 1. The Balaban J connectivity index is 1.18. The molecule has 3 heterocycles. The number of rotatable bonds is 8. The number of piperidine rings is 1. The number of carbonyl (C=O) groups excluding carboxylic acids is 1. The first-order valence-electron chi connectivity index (χ1n) is 16.7. The van der Waals surface area contributed by atoms with E-state index in [1.54, 1.807) is 30.3 Å². The number of aromatic nitrogens is 2. The normalized spacial score (nSPS) is 18.1. The van der Waals surface area contributed by atoms with Gasteiger partial charge in [0.25, 0.3) is 0 Å². The maximum atomic E-state index is 16.0. The van der Waals surface area contributed by atoms with Gasteiger partial charge in [-0.05, 0) is 86.6 Å². The predicted octanol–water partition coefficient (Wildman–Crippen LogP) is 7.99. The molecule has 1 aromatic heterocycles. The van der Waals surface area contributed by atoms with Crippen LogP contribution in [0.5, 0.6) is 5.75 Å². The second-order valence-electron chi connectivity index (χ2n) is 13.2. The highest BCUT2D eigenvalue weighted by Gasteiger charge is 2.26. The zero-order valence-corrected chi connectivity index (χ0v) is 26.4. The maximum Gasteiger partial charge on any atom is 0.335 e. The summed E-state index contributed by atoms with van der Waals surface area (Å²) in [6.07, 6.45) is 9.00. The van der Waals surface area contributed by atoms with Gasteiger partial charge >= 0.3 is 5.97 Å². The molecule has 8 nitrogen and oxygen atoms in total. The number of hydrogen-bond acceptors (Lipinski definition) is 5. The van der Waals surface area contributed by atoms with Crippen LogP contribution in [0, 0.1) is 11.7 Å². The molecule has 1 N–H and O–H groups in total. The molecule has 0 unspecified atom stereocenters. The first-order valence-corrected chi connectivity index (χ1v) is 16.7. The van der Waals surface area contributed by atoms with E-state index >= 15 is 4.39 Å². The van der Waals surface area contributed by atoms with E-state index in [0.717, 1.165) is 87.0 Å². The molecule has 9 heteroatoms. The molecule has 1 amide bonds. The Hall–Kier alpha value is -4.40. The van der Waals surface area contributed by atoms with Crippen LogP contribution < -0.4 is 14.5 Å². The number of carboxylic acids is 1. The number of carbonyl (C=O) groups is 2. The Bertz CT molecular complexity index is 1770. The lowest BCUT2D eigenvalue weighted by atomic mass is 9.94. The van der Waals surface area contributed by atoms with Crippen molar-refractivity contribution in [1.29, 1.82) is 0 Å². The molecule has 0 radical (unpaired) electrons. The molecule has 1 saturated carbocycles. The fraction of sp³-hybridized carbons (Fsp3) is 0.432. The van der Waals surface area contributed by atoms with Crippen molar-refractivity contribution in [2.75, 3.05) is 29.4 Å². The van der Waals surface area contributed by atoms with Crippen molar-refractivity contribution >= 4 is 34.3 Å². The lowest BCUT2D eigenvalue weighted by molar-refractivity contribution is -0.117. The number of amides is 1. The highest BCUT2D eigenvalue weighted by Crippen LogP contribution is 2.38. The molecular weight excluding hydrogens is 583 g/mol. The van der Waals surface area contributed by atoms with Gasteiger partial charge < -0.3 is 24.2 Å². The number of benzene rings is 3. The summed E-state index contributed by atoms with van der Waals surface area (Å²) in [6, 6.07) is 16.2. The van der Waals surface area contributed by atoms with E-state index in [9.17, 15) is 14.7 Å². The van der Waals surface area contributed by atoms with E-state index in [0.29, 0.717) is 35.0 Å². The number of carboxylic acid groups (broad SMARTS) is 1. The van der Waals surface area contributed by atoms with Crippen LogP contribution in [0.3, 0.4) is 0 Å². The highest BCUT2D eigenvalue weighted by molar-refractivity contribution is 5.96. The molecule has 2 saturated heterocycles. The van der Waals surface area contributed by atoms with E-state index in [4.69, 9.17) is 9.72 Å². The van der Waals surface area contributed by atoms with Crippen molar-refractivity contribution in [3.05, 3.63) is 71.5 Å². The van der Waals surface area contributed by atoms with Gasteiger partial charge in [-0.1, -0.05) is 26.2 Å². The third-order valence-corrected chi connectivity index (χ3v) is 10.0. The van der Waals surface area contributed by atoms with Crippen LogP contribution >= 0.6 is 0 Å². The van der Waals surface area contributed by atoms with E-state index in [2.05, 4.69) is 28.5 Å². The molecule has 3 fully saturated rings. The van der Waals surface area contributed by atoms with Crippen molar-refractivity contribution in [2.45, 2.75) is 77.4 Å². The fourth-order valence-corrected chi connectivity index (χ4v) is 7.39. The van der Waals surface area contributed by atoms with Crippen LogP contribution in [0.4, 0.5) is 15.8 Å². The second-order valence-corrected chi connectivity index (χ2v) is 13.2. The SMILES string of the molecule is CC1CCN(c2ccc(N3CCCC3=O)cc2COc2ccc(-c3nc4cc(C(=O)O)ccc4n3C3CCCCC3)c(F)c2)CC1. The number of ether oxygens (including phenoxy) is 1. The summed E-state index contributed by atoms with van der Waals surface area (Å²) in [5.74, 6) is 0.310. The minimum absolute atomic E-state index is 0.141. The largest absolute Gasteiger partial charge is 0.489 e. The van der Waals surface area contributed by atoms with Crippen molar-refractivity contribution in [2.24, 2.45) is 5.92 Å². The topological polar surface area (TPSA) is 87.9 Å². The van der Waals surface area contributed by atoms with Crippen molar-refractivity contribution in [3.63, 3.8) is 0 Å². The molecule has 7 rings (SSSR count). The lowest BCUT2D eigenvalue weighted by Gasteiger charge is -2.34. The summed E-state index contributed by atoms with van der Waals surface area (Å²) >= 11 is 0. The van der Waals surface area contributed by atoms with Gasteiger partial charge in [-0.2, -0.15) is 0 Å². The van der Waals surface area contributed by atoms with Gasteiger partial charge in [-0.15, -0.1) is 0 Å².